The van der Waals surface area contributed by atoms with Crippen molar-refractivity contribution < 1.29 is 60.7 Å². The second-order valence-electron chi connectivity index (χ2n) is 8.19. The van der Waals surface area contributed by atoms with Crippen LogP contribution < -0.4 is 11.5 Å². The minimum absolute atomic E-state index is 0.0906. The Kier molecular flexibility index (Phi) is 8.74. The van der Waals surface area contributed by atoms with Crippen molar-refractivity contribution in [3.05, 3.63) is 47.5 Å². The van der Waals surface area contributed by atoms with E-state index in [2.05, 4.69) is 20.5 Å². The third-order valence-corrected chi connectivity index (χ3v) is 8.71. The number of aryl methyl sites for hydroxylation is 1. The highest BCUT2D eigenvalue weighted by atomic mass is 32.2. The van der Waals surface area contributed by atoms with E-state index < -0.39 is 106 Å². The van der Waals surface area contributed by atoms with Gasteiger partial charge in [0, 0.05) is 6.07 Å². The second kappa shape index (κ2) is 11.2. The van der Waals surface area contributed by atoms with Crippen LogP contribution in [0.4, 0.5) is 42.9 Å². The van der Waals surface area contributed by atoms with E-state index in [1.165, 1.54) is 13.0 Å². The average molecular weight is 687 g/mol. The van der Waals surface area contributed by atoms with Crippen LogP contribution in [-0.4, -0.2) is 51.9 Å². The molecule has 0 aliphatic rings. The zero-order chi connectivity index (χ0) is 32.9. The summed E-state index contributed by atoms with van der Waals surface area (Å²) >= 11 is 0. The van der Waals surface area contributed by atoms with Crippen LogP contribution in [0.25, 0.3) is 0 Å². The zero-order valence-electron chi connectivity index (χ0n) is 20.8. The van der Waals surface area contributed by atoms with Crippen molar-refractivity contribution in [1.82, 2.24) is 0 Å². The highest BCUT2D eigenvalue weighted by Crippen LogP contribution is 2.44. The SMILES string of the molecule is Cc1ccc(N=Nc2cc(S(=O)(=O)O)c(N)c(N=Nc3cc(F)c(S(=O)(=O)O)c(F)c3S(=O)(=O)O)c2N)c(S(=O)(=O)O)c1. The summed E-state index contributed by atoms with van der Waals surface area (Å²) in [5.74, 6) is -4.61. The Morgan fingerprint density at radius 2 is 1.12 bits per heavy atom. The predicted octanol–water partition coefficient (Wildman–Crippen LogP) is 3.26. The van der Waals surface area contributed by atoms with Crippen molar-refractivity contribution in [3.63, 3.8) is 0 Å². The van der Waals surface area contributed by atoms with E-state index in [1.54, 1.807) is 0 Å². The fourth-order valence-electron chi connectivity index (χ4n) is 3.32. The molecule has 0 spiro atoms. The number of hydrogen-bond donors (Lipinski definition) is 6. The van der Waals surface area contributed by atoms with E-state index in [4.69, 9.17) is 16.0 Å². The molecule has 0 bridgehead atoms. The molecule has 0 heterocycles. The first kappa shape index (κ1) is 33.5. The summed E-state index contributed by atoms with van der Waals surface area (Å²) in [6.07, 6.45) is 0. The number of benzene rings is 3. The topological polar surface area (TPSA) is 319 Å². The quantitative estimate of drug-likeness (QED) is 0.113. The lowest BCUT2D eigenvalue weighted by molar-refractivity contribution is 0.442. The molecular weight excluding hydrogens is 671 g/mol. The summed E-state index contributed by atoms with van der Waals surface area (Å²) in [6, 6.07) is 3.91. The van der Waals surface area contributed by atoms with Crippen LogP contribution in [0.5, 0.6) is 0 Å². The van der Waals surface area contributed by atoms with Crippen LogP contribution in [0, 0.1) is 18.6 Å². The molecule has 3 aromatic carbocycles. The number of nitrogens with zero attached hydrogens (tertiary/aromatic N) is 4. The molecule has 0 fully saturated rings. The zero-order valence-corrected chi connectivity index (χ0v) is 24.0. The molecule has 0 unspecified atom stereocenters. The van der Waals surface area contributed by atoms with Crippen molar-refractivity contribution in [1.29, 1.82) is 0 Å². The number of halogens is 2. The van der Waals surface area contributed by atoms with Gasteiger partial charge in [-0.3, -0.25) is 18.2 Å². The van der Waals surface area contributed by atoms with Crippen molar-refractivity contribution in [2.75, 3.05) is 11.5 Å². The Morgan fingerprint density at radius 3 is 1.63 bits per heavy atom. The standard InChI is InChI=1S/C19H16F2N6O12S4/c1-7-2-3-9(12(4-7)40(28,29)30)24-25-10-6-13(41(31,32)33)16(23)17(15(10)22)27-26-11-5-8(20)18(42(34,35)36)14(21)19(11)43(37,38)39/h2-6H,22-23H2,1H3,(H,28,29,30)(H,31,32,33)(H,34,35,36)(H,37,38,39). The van der Waals surface area contributed by atoms with E-state index in [0.717, 1.165) is 12.1 Å². The first-order chi connectivity index (χ1) is 19.4. The van der Waals surface area contributed by atoms with Crippen molar-refractivity contribution in [3.8, 4) is 0 Å². The molecule has 0 saturated heterocycles. The van der Waals surface area contributed by atoms with Gasteiger partial charge in [-0.1, -0.05) is 6.07 Å². The smallest absolute Gasteiger partial charge is 0.300 e. The van der Waals surface area contributed by atoms with Gasteiger partial charge in [0.1, 0.15) is 38.4 Å². The summed E-state index contributed by atoms with van der Waals surface area (Å²) < 4.78 is 160. The lowest BCUT2D eigenvalue weighted by Gasteiger charge is -2.11. The summed E-state index contributed by atoms with van der Waals surface area (Å²) in [4.78, 5) is -6.06. The van der Waals surface area contributed by atoms with Gasteiger partial charge < -0.3 is 11.5 Å². The molecule has 18 nitrogen and oxygen atoms in total. The van der Waals surface area contributed by atoms with Gasteiger partial charge in [-0.25, -0.2) is 8.78 Å². The summed E-state index contributed by atoms with van der Waals surface area (Å²) in [5, 5.41) is 13.6. The van der Waals surface area contributed by atoms with Crippen molar-refractivity contribution in [2.24, 2.45) is 20.5 Å². The normalized spacial score (nSPS) is 13.3. The molecular formula is C19H16F2N6O12S4. The summed E-state index contributed by atoms with van der Waals surface area (Å²) in [7, 11) is -21.6. The molecule has 24 heteroatoms. The minimum atomic E-state index is -5.76. The maximum atomic E-state index is 14.7. The number of anilines is 2. The maximum Gasteiger partial charge on any atom is 0.300 e. The lowest BCUT2D eigenvalue weighted by atomic mass is 10.2. The number of nitrogens with two attached hydrogens (primary N) is 2. The number of hydrogen-bond acceptors (Lipinski definition) is 14. The maximum absolute atomic E-state index is 14.7. The molecule has 0 amide bonds. The Balaban J connectivity index is 2.33. The Labute approximate surface area is 240 Å². The highest BCUT2D eigenvalue weighted by Gasteiger charge is 2.33. The molecule has 0 aliphatic carbocycles. The van der Waals surface area contributed by atoms with Gasteiger partial charge in [0.25, 0.3) is 40.5 Å². The Morgan fingerprint density at radius 1 is 0.605 bits per heavy atom. The molecule has 0 aliphatic heterocycles. The number of nitrogen functional groups attached to an aromatic ring is 2. The van der Waals surface area contributed by atoms with Crippen LogP contribution >= 0.6 is 0 Å². The van der Waals surface area contributed by atoms with E-state index in [-0.39, 0.29) is 6.07 Å². The van der Waals surface area contributed by atoms with Gasteiger partial charge in [-0.2, -0.15) is 33.7 Å². The summed E-state index contributed by atoms with van der Waals surface area (Å²) in [5.41, 5.74) is 6.57. The molecule has 232 valence electrons. The number of rotatable bonds is 8. The minimum Gasteiger partial charge on any atom is -0.396 e. The van der Waals surface area contributed by atoms with E-state index in [1.807, 2.05) is 0 Å². The third-order valence-electron chi connectivity index (χ3n) is 5.14. The molecule has 0 atom stereocenters. The average Bonchev–Trinajstić information content (AvgIpc) is 2.80. The molecule has 3 aromatic rings. The van der Waals surface area contributed by atoms with Gasteiger partial charge in [0.05, 0.1) is 11.4 Å². The van der Waals surface area contributed by atoms with Gasteiger partial charge in [-0.15, -0.1) is 20.5 Å². The fraction of sp³-hybridized carbons (Fsp3) is 0.0526. The van der Waals surface area contributed by atoms with Gasteiger partial charge >= 0.3 is 0 Å². The largest absolute Gasteiger partial charge is 0.396 e. The first-order valence-corrected chi connectivity index (χ1v) is 16.3. The second-order valence-corrected chi connectivity index (χ2v) is 13.7. The number of azo groups is 2. The van der Waals surface area contributed by atoms with Crippen molar-refractivity contribution >= 4 is 74.6 Å². The van der Waals surface area contributed by atoms with E-state index >= 15 is 0 Å². The van der Waals surface area contributed by atoms with Crippen LogP contribution in [0.15, 0.2) is 70.4 Å². The van der Waals surface area contributed by atoms with Crippen LogP contribution in [0.1, 0.15) is 5.56 Å². The Bertz CT molecular complexity index is 2190. The molecule has 43 heavy (non-hydrogen) atoms. The monoisotopic (exact) mass is 686 g/mol. The van der Waals surface area contributed by atoms with Crippen molar-refractivity contribution in [2.45, 2.75) is 26.5 Å². The van der Waals surface area contributed by atoms with Crippen LogP contribution in [-0.2, 0) is 40.5 Å². The van der Waals surface area contributed by atoms with E-state index in [0.29, 0.717) is 11.6 Å². The molecule has 8 N–H and O–H groups in total. The molecule has 3 rings (SSSR count). The van der Waals surface area contributed by atoms with Gasteiger partial charge in [0.15, 0.2) is 15.6 Å². The van der Waals surface area contributed by atoms with Crippen LogP contribution in [0.2, 0.25) is 0 Å². The highest BCUT2D eigenvalue weighted by molar-refractivity contribution is 7.87. The van der Waals surface area contributed by atoms with Crippen LogP contribution in [0.3, 0.4) is 0 Å². The summed E-state index contributed by atoms with van der Waals surface area (Å²) in [6.45, 7) is 1.48. The fourth-order valence-corrected chi connectivity index (χ4v) is 6.05. The molecule has 0 radical (unpaired) electrons. The van der Waals surface area contributed by atoms with Gasteiger partial charge in [0.2, 0.25) is 0 Å². The predicted molar refractivity (Wildman–Crippen MR) is 140 cm³/mol. The van der Waals surface area contributed by atoms with E-state index in [9.17, 15) is 56.1 Å². The molecule has 0 aromatic heterocycles. The third kappa shape index (κ3) is 7.13. The van der Waals surface area contributed by atoms with Gasteiger partial charge in [-0.05, 0) is 30.7 Å². The first-order valence-electron chi connectivity index (χ1n) is 10.5. The lowest BCUT2D eigenvalue weighted by Crippen LogP contribution is -2.11. The Hall–Kier alpha value is -4.04. The molecule has 0 saturated carbocycles.